The quantitative estimate of drug-likeness (QED) is 0.178. The average molecular weight is 627 g/mol. The molecular formula is C47H34N2. The zero-order valence-corrected chi connectivity index (χ0v) is 27.3. The fourth-order valence-corrected chi connectivity index (χ4v) is 7.26. The highest BCUT2D eigenvalue weighted by atomic mass is 15.1. The van der Waals surface area contributed by atoms with Crippen LogP contribution in [0, 0.1) is 6.92 Å². The van der Waals surface area contributed by atoms with E-state index in [9.17, 15) is 0 Å². The standard InChI is InChI=1S/C47H34N2/c1-33-19-26-38(27-20-33)48(39-28-21-35(22-29-39)34-11-3-2-4-12-34)40-30-23-37(24-31-40)41-14-7-9-17-45(41)49-46-18-10-8-16-43(46)44-32-25-36-13-5-6-15-42(36)47(44)49/h2-32H,1H3. The Labute approximate surface area is 286 Å². The van der Waals surface area contributed by atoms with Gasteiger partial charge in [-0.25, -0.2) is 0 Å². The molecule has 0 spiro atoms. The van der Waals surface area contributed by atoms with Crippen LogP contribution in [0.1, 0.15) is 5.56 Å². The van der Waals surface area contributed by atoms with E-state index in [2.05, 4.69) is 204 Å². The lowest BCUT2D eigenvalue weighted by molar-refractivity contribution is 1.19. The first-order chi connectivity index (χ1) is 24.2. The van der Waals surface area contributed by atoms with Gasteiger partial charge < -0.3 is 9.47 Å². The predicted molar refractivity (Wildman–Crippen MR) is 209 cm³/mol. The second kappa shape index (κ2) is 12.0. The van der Waals surface area contributed by atoms with Crippen LogP contribution in [0.3, 0.4) is 0 Å². The van der Waals surface area contributed by atoms with Crippen LogP contribution < -0.4 is 4.90 Å². The zero-order chi connectivity index (χ0) is 32.7. The lowest BCUT2D eigenvalue weighted by Crippen LogP contribution is -2.09. The molecular weight excluding hydrogens is 593 g/mol. The first kappa shape index (κ1) is 28.8. The fourth-order valence-electron chi connectivity index (χ4n) is 7.26. The van der Waals surface area contributed by atoms with Crippen LogP contribution in [0.15, 0.2) is 188 Å². The van der Waals surface area contributed by atoms with E-state index in [1.165, 1.54) is 66.1 Å². The Hall–Kier alpha value is -6.38. The van der Waals surface area contributed by atoms with Gasteiger partial charge in [0.15, 0.2) is 0 Å². The van der Waals surface area contributed by atoms with Crippen molar-refractivity contribution in [2.24, 2.45) is 0 Å². The van der Waals surface area contributed by atoms with E-state index in [-0.39, 0.29) is 0 Å². The van der Waals surface area contributed by atoms with Gasteiger partial charge in [-0.3, -0.25) is 0 Å². The lowest BCUT2D eigenvalue weighted by Gasteiger charge is -2.26. The van der Waals surface area contributed by atoms with E-state index < -0.39 is 0 Å². The summed E-state index contributed by atoms with van der Waals surface area (Å²) in [5.41, 5.74) is 13.0. The van der Waals surface area contributed by atoms with Gasteiger partial charge >= 0.3 is 0 Å². The molecule has 2 heteroatoms. The number of nitrogens with zero attached hydrogens (tertiary/aromatic N) is 2. The average Bonchev–Trinajstić information content (AvgIpc) is 3.51. The van der Waals surface area contributed by atoms with Crippen molar-refractivity contribution in [3.63, 3.8) is 0 Å². The van der Waals surface area contributed by atoms with Crippen molar-refractivity contribution >= 4 is 49.6 Å². The Balaban J connectivity index is 1.17. The zero-order valence-electron chi connectivity index (χ0n) is 27.3. The van der Waals surface area contributed by atoms with E-state index >= 15 is 0 Å². The van der Waals surface area contributed by atoms with Crippen LogP contribution in [0.2, 0.25) is 0 Å². The minimum Gasteiger partial charge on any atom is -0.311 e. The Bertz CT molecular complexity index is 2580. The Kier molecular flexibility index (Phi) is 7.06. The summed E-state index contributed by atoms with van der Waals surface area (Å²) in [6.07, 6.45) is 0. The highest BCUT2D eigenvalue weighted by Crippen LogP contribution is 2.41. The highest BCUT2D eigenvalue weighted by molar-refractivity contribution is 6.18. The van der Waals surface area contributed by atoms with E-state index in [0.717, 1.165) is 17.1 Å². The summed E-state index contributed by atoms with van der Waals surface area (Å²) in [6, 6.07) is 68.0. The first-order valence-corrected chi connectivity index (χ1v) is 16.9. The van der Waals surface area contributed by atoms with Crippen molar-refractivity contribution < 1.29 is 0 Å². The van der Waals surface area contributed by atoms with Crippen molar-refractivity contribution in [2.75, 3.05) is 4.90 Å². The van der Waals surface area contributed by atoms with Crippen molar-refractivity contribution in [3.8, 4) is 27.9 Å². The molecule has 8 aromatic carbocycles. The smallest absolute Gasteiger partial charge is 0.0619 e. The van der Waals surface area contributed by atoms with Crippen molar-refractivity contribution in [1.29, 1.82) is 0 Å². The Morgan fingerprint density at radius 1 is 0.388 bits per heavy atom. The van der Waals surface area contributed by atoms with E-state index in [4.69, 9.17) is 0 Å². The molecule has 232 valence electrons. The number of aryl methyl sites for hydroxylation is 1. The van der Waals surface area contributed by atoms with Gasteiger partial charge in [-0.1, -0.05) is 145 Å². The summed E-state index contributed by atoms with van der Waals surface area (Å²) in [7, 11) is 0. The normalized spacial score (nSPS) is 11.4. The Morgan fingerprint density at radius 3 is 1.67 bits per heavy atom. The molecule has 2 nitrogen and oxygen atoms in total. The van der Waals surface area contributed by atoms with Crippen LogP contribution in [0.4, 0.5) is 17.1 Å². The van der Waals surface area contributed by atoms with Gasteiger partial charge in [-0.15, -0.1) is 0 Å². The number of para-hydroxylation sites is 2. The molecule has 0 radical (unpaired) electrons. The van der Waals surface area contributed by atoms with Crippen molar-refractivity contribution in [3.05, 3.63) is 194 Å². The molecule has 0 saturated carbocycles. The fraction of sp³-hybridized carbons (Fsp3) is 0.0213. The van der Waals surface area contributed by atoms with Gasteiger partial charge in [0.25, 0.3) is 0 Å². The SMILES string of the molecule is Cc1ccc(N(c2ccc(-c3ccccc3)cc2)c2ccc(-c3ccccc3-n3c4ccccc4c4ccc5ccccc5c43)cc2)cc1. The number of aromatic nitrogens is 1. The molecule has 0 aliphatic rings. The maximum absolute atomic E-state index is 2.46. The maximum atomic E-state index is 2.46. The molecule has 0 atom stereocenters. The first-order valence-electron chi connectivity index (χ1n) is 16.9. The monoisotopic (exact) mass is 626 g/mol. The summed E-state index contributed by atoms with van der Waals surface area (Å²) >= 11 is 0. The Morgan fingerprint density at radius 2 is 0.939 bits per heavy atom. The van der Waals surface area contributed by atoms with Crippen LogP contribution >= 0.6 is 0 Å². The summed E-state index contributed by atoms with van der Waals surface area (Å²) in [4.78, 5) is 2.34. The molecule has 0 fully saturated rings. The summed E-state index contributed by atoms with van der Waals surface area (Å²) in [5, 5.41) is 5.04. The van der Waals surface area contributed by atoms with Crippen molar-refractivity contribution in [2.45, 2.75) is 6.92 Å². The predicted octanol–water partition coefficient (Wildman–Crippen LogP) is 13.0. The molecule has 0 unspecified atom stereocenters. The summed E-state index contributed by atoms with van der Waals surface area (Å²) < 4.78 is 2.46. The summed E-state index contributed by atoms with van der Waals surface area (Å²) in [5.74, 6) is 0. The molecule has 1 aromatic heterocycles. The second-order valence-corrected chi connectivity index (χ2v) is 12.7. The van der Waals surface area contributed by atoms with Crippen molar-refractivity contribution in [1.82, 2.24) is 4.57 Å². The number of rotatable bonds is 6. The number of benzene rings is 8. The number of fused-ring (bicyclic) bond motifs is 5. The molecule has 0 N–H and O–H groups in total. The minimum absolute atomic E-state index is 1.11. The van der Waals surface area contributed by atoms with Gasteiger partial charge in [0.05, 0.1) is 16.7 Å². The third-order valence-corrected chi connectivity index (χ3v) is 9.67. The third kappa shape index (κ3) is 5.06. The minimum atomic E-state index is 1.11. The van der Waals surface area contributed by atoms with Gasteiger partial charge in [-0.05, 0) is 77.5 Å². The molecule has 1 heterocycles. The van der Waals surface area contributed by atoms with E-state index in [0.29, 0.717) is 0 Å². The van der Waals surface area contributed by atoms with Crippen LogP contribution in [-0.2, 0) is 0 Å². The number of anilines is 3. The van der Waals surface area contributed by atoms with E-state index in [1.54, 1.807) is 0 Å². The number of hydrogen-bond acceptors (Lipinski definition) is 1. The molecule has 49 heavy (non-hydrogen) atoms. The molecule has 0 aliphatic carbocycles. The van der Waals surface area contributed by atoms with Gasteiger partial charge in [-0.2, -0.15) is 0 Å². The third-order valence-electron chi connectivity index (χ3n) is 9.67. The topological polar surface area (TPSA) is 8.17 Å². The number of hydrogen-bond donors (Lipinski definition) is 0. The summed E-state index contributed by atoms with van der Waals surface area (Å²) in [6.45, 7) is 2.13. The molecule has 0 saturated heterocycles. The largest absolute Gasteiger partial charge is 0.311 e. The molecule has 0 bridgehead atoms. The molecule has 0 aliphatic heterocycles. The van der Waals surface area contributed by atoms with Gasteiger partial charge in [0.1, 0.15) is 0 Å². The highest BCUT2D eigenvalue weighted by Gasteiger charge is 2.18. The second-order valence-electron chi connectivity index (χ2n) is 12.7. The molecule has 0 amide bonds. The molecule has 9 rings (SSSR count). The van der Waals surface area contributed by atoms with E-state index in [1.807, 2.05) is 0 Å². The van der Waals surface area contributed by atoms with Crippen LogP contribution in [-0.4, -0.2) is 4.57 Å². The van der Waals surface area contributed by atoms with Crippen LogP contribution in [0.25, 0.3) is 60.5 Å². The molecule has 9 aromatic rings. The van der Waals surface area contributed by atoms with Gasteiger partial charge in [0, 0.05) is 38.8 Å². The van der Waals surface area contributed by atoms with Gasteiger partial charge in [0.2, 0.25) is 0 Å². The maximum Gasteiger partial charge on any atom is 0.0619 e. The lowest BCUT2D eigenvalue weighted by atomic mass is 10.0. The van der Waals surface area contributed by atoms with Crippen LogP contribution in [0.5, 0.6) is 0 Å².